The van der Waals surface area contributed by atoms with Gasteiger partial charge in [-0.15, -0.1) is 0 Å². The summed E-state index contributed by atoms with van der Waals surface area (Å²) in [5, 5.41) is 3.39. The van der Waals surface area contributed by atoms with Gasteiger partial charge in [-0.05, 0) is 60.9 Å². The van der Waals surface area contributed by atoms with E-state index in [9.17, 15) is 19.2 Å². The summed E-state index contributed by atoms with van der Waals surface area (Å²) in [5.74, 6) is -0.491. The Morgan fingerprint density at radius 2 is 1.81 bits per heavy atom. The summed E-state index contributed by atoms with van der Waals surface area (Å²) in [5.41, 5.74) is 5.48. The van der Waals surface area contributed by atoms with Gasteiger partial charge in [0.25, 0.3) is 11.8 Å². The van der Waals surface area contributed by atoms with Crippen LogP contribution in [0.4, 0.5) is 0 Å². The van der Waals surface area contributed by atoms with Gasteiger partial charge in [0.2, 0.25) is 11.8 Å². The highest BCUT2D eigenvalue weighted by atomic mass is 16.2. The molecule has 3 aliphatic rings. The zero-order chi connectivity index (χ0) is 25.0. The second-order valence-corrected chi connectivity index (χ2v) is 10.1. The van der Waals surface area contributed by atoms with Gasteiger partial charge in [-0.1, -0.05) is 30.3 Å². The Morgan fingerprint density at radius 1 is 1.00 bits per heavy atom. The molecule has 1 unspecified atom stereocenters. The number of carbonyl (C=O) groups is 4. The number of likely N-dealkylation sites (tertiary alicyclic amines) is 1. The zero-order valence-corrected chi connectivity index (χ0v) is 20.2. The molecule has 36 heavy (non-hydrogen) atoms. The van der Waals surface area contributed by atoms with Gasteiger partial charge in [0, 0.05) is 42.5 Å². The Hall–Kier alpha value is -3.94. The molecule has 6 rings (SSSR count). The van der Waals surface area contributed by atoms with Crippen LogP contribution in [-0.2, 0) is 16.1 Å². The number of piperidine rings is 2. The highest BCUT2D eigenvalue weighted by molar-refractivity contribution is 6.05. The van der Waals surface area contributed by atoms with Crippen LogP contribution >= 0.6 is 0 Å². The van der Waals surface area contributed by atoms with E-state index in [2.05, 4.69) is 16.4 Å². The van der Waals surface area contributed by atoms with Crippen molar-refractivity contribution >= 4 is 34.5 Å². The topological polar surface area (TPSA) is 103 Å². The van der Waals surface area contributed by atoms with Crippen LogP contribution in [0, 0.1) is 6.92 Å². The molecule has 0 spiro atoms. The zero-order valence-electron chi connectivity index (χ0n) is 20.2. The fourth-order valence-corrected chi connectivity index (χ4v) is 5.86. The number of amides is 4. The van der Waals surface area contributed by atoms with E-state index in [1.54, 1.807) is 4.90 Å². The highest BCUT2D eigenvalue weighted by Crippen LogP contribution is 2.34. The lowest BCUT2D eigenvalue weighted by Gasteiger charge is -2.32. The van der Waals surface area contributed by atoms with Crippen molar-refractivity contribution in [1.82, 2.24) is 20.1 Å². The van der Waals surface area contributed by atoms with Crippen molar-refractivity contribution in [3.63, 3.8) is 0 Å². The van der Waals surface area contributed by atoms with E-state index in [0.29, 0.717) is 43.2 Å². The largest absolute Gasteiger partial charge is 0.350 e. The van der Waals surface area contributed by atoms with E-state index >= 15 is 0 Å². The summed E-state index contributed by atoms with van der Waals surface area (Å²) in [6, 6.07) is 13.3. The second-order valence-electron chi connectivity index (χ2n) is 10.1. The molecule has 8 nitrogen and oxygen atoms in total. The van der Waals surface area contributed by atoms with Crippen molar-refractivity contribution in [2.75, 3.05) is 13.1 Å². The lowest BCUT2D eigenvalue weighted by atomic mass is 9.88. The fourth-order valence-electron chi connectivity index (χ4n) is 5.86. The lowest BCUT2D eigenvalue weighted by Crippen LogP contribution is -2.52. The maximum Gasteiger partial charge on any atom is 0.270 e. The average molecular weight is 485 g/mol. The van der Waals surface area contributed by atoms with Crippen molar-refractivity contribution in [2.45, 2.75) is 51.1 Å². The molecule has 2 aromatic carbocycles. The fraction of sp³-hybridized carbons (Fsp3) is 0.357. The van der Waals surface area contributed by atoms with E-state index in [4.69, 9.17) is 0 Å². The summed E-state index contributed by atoms with van der Waals surface area (Å²) in [6.07, 6.45) is 2.32. The standard InChI is InChI=1S/C28H28N4O4/c1-16-3-2-4-19-14-22(29-25(16)19)28(36)31-11-9-17(10-12-31)18-5-6-21-20(13-18)15-32(27(21)35)23-7-8-24(33)30-26(23)34/h2-6,13-14,17,23,29H,7-12,15H2,1H3,(H,30,33,34). The van der Waals surface area contributed by atoms with Crippen molar-refractivity contribution in [3.8, 4) is 0 Å². The van der Waals surface area contributed by atoms with Gasteiger partial charge in [-0.25, -0.2) is 0 Å². The van der Waals surface area contributed by atoms with Crippen molar-refractivity contribution in [2.24, 2.45) is 0 Å². The monoisotopic (exact) mass is 484 g/mol. The van der Waals surface area contributed by atoms with E-state index in [1.807, 2.05) is 48.2 Å². The molecular formula is C28H28N4O4. The van der Waals surface area contributed by atoms with Gasteiger partial charge >= 0.3 is 0 Å². The summed E-state index contributed by atoms with van der Waals surface area (Å²) in [6.45, 7) is 3.77. The molecule has 3 aliphatic heterocycles. The highest BCUT2D eigenvalue weighted by Gasteiger charge is 2.39. The minimum atomic E-state index is -0.603. The maximum atomic E-state index is 13.1. The number of aromatic nitrogens is 1. The van der Waals surface area contributed by atoms with Crippen LogP contribution in [0.5, 0.6) is 0 Å². The Bertz CT molecular complexity index is 1420. The number of imide groups is 1. The van der Waals surface area contributed by atoms with Crippen molar-refractivity contribution < 1.29 is 19.2 Å². The lowest BCUT2D eigenvalue weighted by molar-refractivity contribution is -0.136. The first kappa shape index (κ1) is 22.5. The predicted octanol–water partition coefficient (Wildman–Crippen LogP) is 3.26. The van der Waals surface area contributed by atoms with Gasteiger partial charge in [-0.3, -0.25) is 24.5 Å². The quantitative estimate of drug-likeness (QED) is 0.557. The number of rotatable bonds is 3. The Labute approximate surface area is 208 Å². The smallest absolute Gasteiger partial charge is 0.270 e. The number of fused-ring (bicyclic) bond motifs is 2. The van der Waals surface area contributed by atoms with E-state index in [0.717, 1.165) is 34.9 Å². The molecule has 2 fully saturated rings. The first-order valence-electron chi connectivity index (χ1n) is 12.5. The van der Waals surface area contributed by atoms with Crippen LogP contribution in [0.25, 0.3) is 10.9 Å². The number of H-pyrrole nitrogens is 1. The minimum Gasteiger partial charge on any atom is -0.350 e. The molecule has 0 aliphatic carbocycles. The van der Waals surface area contributed by atoms with E-state index in [-0.39, 0.29) is 24.1 Å². The normalized spacial score (nSPS) is 20.7. The molecule has 184 valence electrons. The van der Waals surface area contributed by atoms with Crippen LogP contribution in [-0.4, -0.2) is 57.5 Å². The average Bonchev–Trinajstić information content (AvgIpc) is 3.46. The SMILES string of the molecule is Cc1cccc2cc(C(=O)N3CCC(c4ccc5c(c4)CN(C4CCC(=O)NC4=O)C5=O)CC3)[nH]c12. The van der Waals surface area contributed by atoms with Gasteiger partial charge in [0.15, 0.2) is 0 Å². The molecule has 8 heteroatoms. The Morgan fingerprint density at radius 3 is 2.56 bits per heavy atom. The molecular weight excluding hydrogens is 456 g/mol. The number of aromatic amines is 1. The third kappa shape index (κ3) is 3.77. The molecule has 1 atom stereocenters. The molecule has 3 aromatic rings. The first-order chi connectivity index (χ1) is 17.4. The number of para-hydroxylation sites is 1. The summed E-state index contributed by atoms with van der Waals surface area (Å²) >= 11 is 0. The second kappa shape index (κ2) is 8.62. The van der Waals surface area contributed by atoms with Gasteiger partial charge in [0.1, 0.15) is 11.7 Å². The Balaban J connectivity index is 1.13. The number of aryl methyl sites for hydroxylation is 1. The summed E-state index contributed by atoms with van der Waals surface area (Å²) < 4.78 is 0. The number of benzene rings is 2. The van der Waals surface area contributed by atoms with Crippen LogP contribution in [0.3, 0.4) is 0 Å². The first-order valence-corrected chi connectivity index (χ1v) is 12.5. The molecule has 1 aromatic heterocycles. The Kier molecular flexibility index (Phi) is 5.39. The van der Waals surface area contributed by atoms with Crippen LogP contribution in [0.15, 0.2) is 42.5 Å². The number of carbonyl (C=O) groups excluding carboxylic acids is 4. The van der Waals surface area contributed by atoms with Crippen LogP contribution < -0.4 is 5.32 Å². The molecule has 2 N–H and O–H groups in total. The summed E-state index contributed by atoms with van der Waals surface area (Å²) in [7, 11) is 0. The molecule has 0 radical (unpaired) electrons. The maximum absolute atomic E-state index is 13.1. The number of nitrogens with one attached hydrogen (secondary N) is 2. The molecule has 0 saturated carbocycles. The van der Waals surface area contributed by atoms with Crippen LogP contribution in [0.2, 0.25) is 0 Å². The molecule has 4 heterocycles. The number of nitrogens with zero attached hydrogens (tertiary/aromatic N) is 2. The van der Waals surface area contributed by atoms with Crippen LogP contribution in [0.1, 0.15) is 69.1 Å². The van der Waals surface area contributed by atoms with E-state index < -0.39 is 11.9 Å². The minimum absolute atomic E-state index is 0.0310. The third-order valence-electron chi connectivity index (χ3n) is 7.90. The third-order valence-corrected chi connectivity index (χ3v) is 7.90. The number of hydrogen-bond acceptors (Lipinski definition) is 4. The predicted molar refractivity (Wildman–Crippen MR) is 133 cm³/mol. The molecule has 4 amide bonds. The van der Waals surface area contributed by atoms with Crippen molar-refractivity contribution in [1.29, 1.82) is 0 Å². The molecule has 0 bridgehead atoms. The van der Waals surface area contributed by atoms with Crippen molar-refractivity contribution in [3.05, 3.63) is 70.4 Å². The summed E-state index contributed by atoms with van der Waals surface area (Å²) in [4.78, 5) is 56.7. The van der Waals surface area contributed by atoms with E-state index in [1.165, 1.54) is 5.56 Å². The van der Waals surface area contributed by atoms with Gasteiger partial charge in [0.05, 0.1) is 0 Å². The van der Waals surface area contributed by atoms with Gasteiger partial charge in [-0.2, -0.15) is 0 Å². The number of hydrogen-bond donors (Lipinski definition) is 2. The molecule has 2 saturated heterocycles. The van der Waals surface area contributed by atoms with Gasteiger partial charge < -0.3 is 14.8 Å².